The summed E-state index contributed by atoms with van der Waals surface area (Å²) >= 11 is 4.38. The van der Waals surface area contributed by atoms with Gasteiger partial charge in [0.25, 0.3) is 0 Å². The van der Waals surface area contributed by atoms with Gasteiger partial charge in [0, 0.05) is 24.6 Å². The molecule has 0 aromatic rings. The van der Waals surface area contributed by atoms with Gasteiger partial charge in [-0.1, -0.05) is 0 Å². The molecule has 0 aromatic heterocycles. The van der Waals surface area contributed by atoms with E-state index in [9.17, 15) is 0 Å². The molecular formula is C5H10NPS2. The van der Waals surface area contributed by atoms with Gasteiger partial charge >= 0.3 is 0 Å². The normalized spacial score (nSPS) is 30.7. The second-order valence-corrected chi connectivity index (χ2v) is 8.90. The van der Waals surface area contributed by atoms with Crippen molar-refractivity contribution in [3.63, 3.8) is 0 Å². The van der Waals surface area contributed by atoms with Gasteiger partial charge in [-0.05, 0) is 6.42 Å². The lowest BCUT2D eigenvalue weighted by Crippen LogP contribution is -1.92. The summed E-state index contributed by atoms with van der Waals surface area (Å²) in [6.07, 6.45) is 1.43. The molecule has 0 unspecified atom stereocenters. The highest BCUT2D eigenvalue weighted by molar-refractivity contribution is 8.87. The Hall–Kier alpha value is 1.09. The monoisotopic (exact) mass is 179 g/mol. The molecule has 2 aliphatic rings. The molecular weight excluding hydrogens is 169 g/mol. The van der Waals surface area contributed by atoms with E-state index < -0.39 is 0 Å². The minimum absolute atomic E-state index is 0.247. The third-order valence-electron chi connectivity index (χ3n) is 1.35. The molecule has 0 N–H and O–H groups in total. The highest BCUT2D eigenvalue weighted by atomic mass is 33.1. The molecule has 4 heteroatoms. The maximum Gasteiger partial charge on any atom is 0.0875 e. The van der Waals surface area contributed by atoms with Crippen LogP contribution in [-0.4, -0.2) is 29.3 Å². The number of rotatable bonds is 1. The zero-order valence-electron chi connectivity index (χ0n) is 5.25. The zero-order valence-corrected chi connectivity index (χ0v) is 7.77. The average molecular weight is 179 g/mol. The summed E-state index contributed by atoms with van der Waals surface area (Å²) in [4.78, 5) is 0. The summed E-state index contributed by atoms with van der Waals surface area (Å²) in [6.45, 7) is 3.01. The molecule has 2 rings (SSSR count). The van der Waals surface area contributed by atoms with E-state index in [1.165, 1.54) is 31.0 Å². The molecule has 2 heterocycles. The van der Waals surface area contributed by atoms with Gasteiger partial charge in [-0.25, -0.2) is 0 Å². The fourth-order valence-corrected chi connectivity index (χ4v) is 8.52. The van der Waals surface area contributed by atoms with Crippen LogP contribution in [0.15, 0.2) is 0 Å². The lowest BCUT2D eigenvalue weighted by atomic mass is 10.6. The minimum atomic E-state index is 0.247. The van der Waals surface area contributed by atoms with Crippen LogP contribution < -0.4 is 0 Å². The quantitative estimate of drug-likeness (QED) is 0.449. The topological polar surface area (TPSA) is 3.01 Å². The van der Waals surface area contributed by atoms with E-state index >= 15 is 0 Å². The van der Waals surface area contributed by atoms with E-state index in [1.54, 1.807) is 0 Å². The molecule has 0 amide bonds. The lowest BCUT2D eigenvalue weighted by molar-refractivity contribution is 0.947. The third kappa shape index (κ3) is 1.76. The molecule has 1 nitrogen and oxygen atoms in total. The van der Waals surface area contributed by atoms with Gasteiger partial charge in [-0.3, -0.25) is 4.67 Å². The Balaban J connectivity index is 1.80. The molecule has 2 fully saturated rings. The molecule has 0 aromatic carbocycles. The van der Waals surface area contributed by atoms with E-state index in [1.807, 2.05) is 0 Å². The number of nitrogens with zero attached hydrogens (tertiary/aromatic N) is 1. The predicted molar refractivity (Wildman–Crippen MR) is 48.0 cm³/mol. The largest absolute Gasteiger partial charge is 0.263 e. The van der Waals surface area contributed by atoms with Crippen LogP contribution in [-0.2, 0) is 0 Å². The van der Waals surface area contributed by atoms with Crippen molar-refractivity contribution >= 4 is 29.2 Å². The summed E-state index contributed by atoms with van der Waals surface area (Å²) < 4.78 is 2.60. The van der Waals surface area contributed by atoms with E-state index in [0.717, 1.165) is 0 Å². The standard InChI is InChI=1S/C5H10NPS2/c1-4-8-7(9-5-1)6-2-3-6/h1-5H2. The van der Waals surface area contributed by atoms with Crippen LogP contribution in [0.3, 0.4) is 0 Å². The van der Waals surface area contributed by atoms with Crippen molar-refractivity contribution in [1.82, 2.24) is 4.67 Å². The Kier molecular flexibility index (Phi) is 2.26. The fourth-order valence-electron chi connectivity index (χ4n) is 0.753. The van der Waals surface area contributed by atoms with Crippen molar-refractivity contribution in [2.75, 3.05) is 24.6 Å². The van der Waals surface area contributed by atoms with Crippen molar-refractivity contribution in [2.24, 2.45) is 0 Å². The average Bonchev–Trinajstić information content (AvgIpc) is 2.71. The van der Waals surface area contributed by atoms with Gasteiger partial charge in [-0.15, -0.1) is 22.8 Å². The molecule has 2 saturated heterocycles. The first-order valence-electron chi connectivity index (χ1n) is 3.27. The third-order valence-corrected chi connectivity index (χ3v) is 9.30. The van der Waals surface area contributed by atoms with Crippen LogP contribution in [0.2, 0.25) is 0 Å². The van der Waals surface area contributed by atoms with Crippen LogP contribution in [0.5, 0.6) is 0 Å². The first kappa shape index (κ1) is 6.78. The SMILES string of the molecule is C1CSP(N2CC2)SC1. The second kappa shape index (κ2) is 3.00. The maximum atomic E-state index is 2.60. The Morgan fingerprint density at radius 3 is 2.33 bits per heavy atom. The zero-order chi connectivity index (χ0) is 6.10. The maximum absolute atomic E-state index is 2.60. The van der Waals surface area contributed by atoms with Gasteiger partial charge in [0.1, 0.15) is 0 Å². The highest BCUT2D eigenvalue weighted by Gasteiger charge is 2.29. The second-order valence-electron chi connectivity index (χ2n) is 2.21. The van der Waals surface area contributed by atoms with Crippen LogP contribution >= 0.6 is 29.2 Å². The number of hydrogen-bond donors (Lipinski definition) is 0. The molecule has 0 spiro atoms. The van der Waals surface area contributed by atoms with Crippen molar-refractivity contribution < 1.29 is 0 Å². The van der Waals surface area contributed by atoms with Crippen LogP contribution in [0.1, 0.15) is 6.42 Å². The Bertz CT molecular complexity index is 101. The smallest absolute Gasteiger partial charge is 0.0875 e. The molecule has 0 aliphatic carbocycles. The van der Waals surface area contributed by atoms with E-state index in [2.05, 4.69) is 27.4 Å². The minimum Gasteiger partial charge on any atom is -0.263 e. The van der Waals surface area contributed by atoms with E-state index in [-0.39, 0.29) is 6.48 Å². The van der Waals surface area contributed by atoms with Crippen molar-refractivity contribution in [1.29, 1.82) is 0 Å². The molecule has 0 saturated carbocycles. The number of hydrogen-bond acceptors (Lipinski definition) is 3. The van der Waals surface area contributed by atoms with Crippen LogP contribution in [0, 0.1) is 0 Å². The summed E-state index contributed by atoms with van der Waals surface area (Å²) in [5.41, 5.74) is 0. The Morgan fingerprint density at radius 2 is 1.78 bits per heavy atom. The van der Waals surface area contributed by atoms with E-state index in [4.69, 9.17) is 0 Å². The fraction of sp³-hybridized carbons (Fsp3) is 1.00. The van der Waals surface area contributed by atoms with Gasteiger partial charge in [-0.2, -0.15) is 0 Å². The van der Waals surface area contributed by atoms with Crippen molar-refractivity contribution in [3.05, 3.63) is 0 Å². The molecule has 0 atom stereocenters. The lowest BCUT2D eigenvalue weighted by Gasteiger charge is -2.20. The van der Waals surface area contributed by atoms with Gasteiger partial charge < -0.3 is 0 Å². The van der Waals surface area contributed by atoms with Gasteiger partial charge in [0.05, 0.1) is 6.48 Å². The summed E-state index contributed by atoms with van der Waals surface area (Å²) in [7, 11) is 0. The van der Waals surface area contributed by atoms with Gasteiger partial charge in [0.2, 0.25) is 0 Å². The molecule has 0 bridgehead atoms. The molecule has 9 heavy (non-hydrogen) atoms. The summed E-state index contributed by atoms with van der Waals surface area (Å²) in [5, 5.41) is 0. The van der Waals surface area contributed by atoms with E-state index in [0.29, 0.717) is 0 Å². The van der Waals surface area contributed by atoms with Crippen molar-refractivity contribution in [2.45, 2.75) is 6.42 Å². The Morgan fingerprint density at radius 1 is 1.11 bits per heavy atom. The first-order chi connectivity index (χ1) is 4.47. The first-order valence-corrected chi connectivity index (χ1v) is 7.75. The molecule has 2 aliphatic heterocycles. The van der Waals surface area contributed by atoms with Crippen molar-refractivity contribution in [3.8, 4) is 0 Å². The van der Waals surface area contributed by atoms with Crippen LogP contribution in [0.25, 0.3) is 0 Å². The van der Waals surface area contributed by atoms with Gasteiger partial charge in [0.15, 0.2) is 0 Å². The summed E-state index contributed by atoms with van der Waals surface area (Å²) in [6, 6.07) is 0. The van der Waals surface area contributed by atoms with Crippen LogP contribution in [0.4, 0.5) is 0 Å². The summed E-state index contributed by atoms with van der Waals surface area (Å²) in [5.74, 6) is 2.82. The Labute approximate surface area is 65.2 Å². The highest BCUT2D eigenvalue weighted by Crippen LogP contribution is 2.68. The molecule has 52 valence electrons. The predicted octanol–water partition coefficient (Wildman–Crippen LogP) is 2.40. The molecule has 0 radical (unpaired) electrons.